The number of carbonyl (C=O) groups excluding carboxylic acids is 2. The van der Waals surface area contributed by atoms with Crippen molar-refractivity contribution in [3.05, 3.63) is 36.0 Å². The molecule has 0 saturated heterocycles. The van der Waals surface area contributed by atoms with Crippen LogP contribution in [-0.4, -0.2) is 46.0 Å². The summed E-state index contributed by atoms with van der Waals surface area (Å²) in [5.41, 5.74) is 7.77. The Morgan fingerprint density at radius 1 is 0.968 bits per heavy atom. The van der Waals surface area contributed by atoms with Gasteiger partial charge in [-0.15, -0.1) is 0 Å². The van der Waals surface area contributed by atoms with Crippen LogP contribution in [0.1, 0.15) is 46.1 Å². The van der Waals surface area contributed by atoms with Crippen LogP contribution in [0.15, 0.2) is 30.5 Å². The van der Waals surface area contributed by atoms with E-state index in [1.807, 2.05) is 52.0 Å². The van der Waals surface area contributed by atoms with Gasteiger partial charge in [-0.05, 0) is 36.3 Å². The van der Waals surface area contributed by atoms with Crippen molar-refractivity contribution in [1.82, 2.24) is 15.6 Å². The zero-order chi connectivity index (χ0) is 23.1. The van der Waals surface area contributed by atoms with E-state index >= 15 is 0 Å². The smallest absolute Gasteiger partial charge is 0.326 e. The normalized spacial score (nSPS) is 14.4. The number of hydrogen-bond donors (Lipinski definition) is 5. The molecule has 0 unspecified atom stereocenters. The summed E-state index contributed by atoms with van der Waals surface area (Å²) < 4.78 is 0. The average molecular weight is 431 g/mol. The van der Waals surface area contributed by atoms with E-state index in [-0.39, 0.29) is 18.3 Å². The zero-order valence-electron chi connectivity index (χ0n) is 18.6. The van der Waals surface area contributed by atoms with E-state index in [0.717, 1.165) is 16.5 Å². The Morgan fingerprint density at radius 2 is 1.58 bits per heavy atom. The van der Waals surface area contributed by atoms with E-state index < -0.39 is 35.9 Å². The number of hydrogen-bond acceptors (Lipinski definition) is 4. The number of para-hydroxylation sites is 1. The monoisotopic (exact) mass is 430 g/mol. The molecule has 2 rings (SSSR count). The van der Waals surface area contributed by atoms with Gasteiger partial charge in [0.2, 0.25) is 11.8 Å². The minimum absolute atomic E-state index is 0.0857. The van der Waals surface area contributed by atoms with Crippen molar-refractivity contribution >= 4 is 28.7 Å². The van der Waals surface area contributed by atoms with Crippen LogP contribution >= 0.6 is 0 Å². The van der Waals surface area contributed by atoms with Gasteiger partial charge >= 0.3 is 5.97 Å². The maximum Gasteiger partial charge on any atom is 0.326 e. The third-order valence-corrected chi connectivity index (χ3v) is 5.12. The van der Waals surface area contributed by atoms with Gasteiger partial charge in [0.05, 0.1) is 6.04 Å². The highest BCUT2D eigenvalue weighted by Crippen LogP contribution is 2.19. The van der Waals surface area contributed by atoms with Crippen LogP contribution in [0.4, 0.5) is 0 Å². The molecule has 1 aromatic heterocycles. The fraction of sp³-hybridized carbons (Fsp3) is 0.522. The molecule has 31 heavy (non-hydrogen) atoms. The number of carboxylic acid groups (broad SMARTS) is 1. The lowest BCUT2D eigenvalue weighted by molar-refractivity contribution is -0.142. The molecule has 2 amide bonds. The molecule has 0 saturated carbocycles. The molecule has 170 valence electrons. The number of carboxylic acids is 1. The van der Waals surface area contributed by atoms with Crippen molar-refractivity contribution < 1.29 is 19.5 Å². The quantitative estimate of drug-likeness (QED) is 0.372. The largest absolute Gasteiger partial charge is 0.480 e. The fourth-order valence-corrected chi connectivity index (χ4v) is 3.59. The van der Waals surface area contributed by atoms with Crippen molar-refractivity contribution in [1.29, 1.82) is 0 Å². The molecule has 3 atom stereocenters. The summed E-state index contributed by atoms with van der Waals surface area (Å²) >= 11 is 0. The number of aromatic amines is 1. The van der Waals surface area contributed by atoms with E-state index in [2.05, 4.69) is 15.6 Å². The number of H-pyrrole nitrogens is 1. The van der Waals surface area contributed by atoms with Crippen LogP contribution in [0.25, 0.3) is 10.9 Å². The summed E-state index contributed by atoms with van der Waals surface area (Å²) in [6, 6.07) is 4.94. The Kier molecular flexibility index (Phi) is 8.62. The first-order valence-electron chi connectivity index (χ1n) is 10.7. The second-order valence-corrected chi connectivity index (χ2v) is 8.89. The fourth-order valence-electron chi connectivity index (χ4n) is 3.59. The van der Waals surface area contributed by atoms with Crippen LogP contribution in [0.5, 0.6) is 0 Å². The predicted octanol–water partition coefficient (Wildman–Crippen LogP) is 2.18. The number of carbonyl (C=O) groups is 3. The number of rotatable bonds is 11. The number of nitrogens with one attached hydrogen (secondary N) is 3. The summed E-state index contributed by atoms with van der Waals surface area (Å²) in [4.78, 5) is 40.5. The van der Waals surface area contributed by atoms with Gasteiger partial charge in [-0.25, -0.2) is 4.79 Å². The molecule has 0 radical (unpaired) electrons. The minimum atomic E-state index is -1.10. The van der Waals surface area contributed by atoms with Gasteiger partial charge in [0.25, 0.3) is 0 Å². The Hall–Kier alpha value is -2.87. The molecule has 0 fully saturated rings. The highest BCUT2D eigenvalue weighted by molar-refractivity contribution is 5.92. The highest BCUT2D eigenvalue weighted by Gasteiger charge is 2.29. The summed E-state index contributed by atoms with van der Waals surface area (Å²) in [5, 5.41) is 15.8. The molecule has 6 N–H and O–H groups in total. The van der Waals surface area contributed by atoms with E-state index in [1.165, 1.54) is 0 Å². The van der Waals surface area contributed by atoms with Gasteiger partial charge in [-0.2, -0.15) is 0 Å². The van der Waals surface area contributed by atoms with Gasteiger partial charge in [-0.3, -0.25) is 9.59 Å². The third-order valence-electron chi connectivity index (χ3n) is 5.12. The van der Waals surface area contributed by atoms with E-state index in [1.54, 1.807) is 6.20 Å². The van der Waals surface area contributed by atoms with Crippen molar-refractivity contribution in [3.63, 3.8) is 0 Å². The third kappa shape index (κ3) is 7.10. The van der Waals surface area contributed by atoms with Gasteiger partial charge in [0.15, 0.2) is 0 Å². The molecular formula is C23H34N4O4. The molecule has 8 nitrogen and oxygen atoms in total. The molecule has 0 spiro atoms. The topological polar surface area (TPSA) is 137 Å². The van der Waals surface area contributed by atoms with Crippen LogP contribution in [-0.2, 0) is 20.8 Å². The second-order valence-electron chi connectivity index (χ2n) is 8.89. The van der Waals surface area contributed by atoms with Crippen molar-refractivity contribution in [3.8, 4) is 0 Å². The maximum absolute atomic E-state index is 13.0. The number of fused-ring (bicyclic) bond motifs is 1. The van der Waals surface area contributed by atoms with E-state index in [9.17, 15) is 19.5 Å². The first kappa shape index (κ1) is 24.4. The van der Waals surface area contributed by atoms with Crippen LogP contribution in [0.3, 0.4) is 0 Å². The Morgan fingerprint density at radius 3 is 2.19 bits per heavy atom. The Labute approximate surface area is 183 Å². The van der Waals surface area contributed by atoms with Crippen molar-refractivity contribution in [2.75, 3.05) is 0 Å². The predicted molar refractivity (Wildman–Crippen MR) is 120 cm³/mol. The lowest BCUT2D eigenvalue weighted by Crippen LogP contribution is -2.55. The zero-order valence-corrected chi connectivity index (χ0v) is 18.6. The first-order valence-corrected chi connectivity index (χ1v) is 10.7. The number of amides is 2. The Balaban J connectivity index is 2.24. The van der Waals surface area contributed by atoms with E-state index in [0.29, 0.717) is 12.8 Å². The van der Waals surface area contributed by atoms with Gasteiger partial charge < -0.3 is 26.5 Å². The SMILES string of the molecule is CC(C)C[C@H](NC(=O)[C@H](Cc1c[nH]c2ccccc12)NC(=O)[C@@H](N)CC(C)C)C(=O)O. The molecule has 0 aliphatic rings. The Bertz CT molecular complexity index is 906. The number of nitrogens with two attached hydrogens (primary N) is 1. The molecule has 0 bridgehead atoms. The molecule has 1 aromatic carbocycles. The minimum Gasteiger partial charge on any atom is -0.480 e. The molecule has 1 heterocycles. The molecular weight excluding hydrogens is 396 g/mol. The summed E-state index contributed by atoms with van der Waals surface area (Å²) in [5.74, 6) is -1.75. The van der Waals surface area contributed by atoms with Gasteiger partial charge in [0, 0.05) is 23.5 Å². The van der Waals surface area contributed by atoms with Crippen LogP contribution in [0, 0.1) is 11.8 Å². The van der Waals surface area contributed by atoms with Crippen LogP contribution < -0.4 is 16.4 Å². The number of benzene rings is 1. The first-order chi connectivity index (χ1) is 14.6. The van der Waals surface area contributed by atoms with E-state index in [4.69, 9.17) is 5.73 Å². The maximum atomic E-state index is 13.0. The number of aromatic nitrogens is 1. The van der Waals surface area contributed by atoms with Crippen molar-refractivity contribution in [2.24, 2.45) is 17.6 Å². The summed E-state index contributed by atoms with van der Waals surface area (Å²) in [6.07, 6.45) is 2.79. The summed E-state index contributed by atoms with van der Waals surface area (Å²) in [6.45, 7) is 7.70. The average Bonchev–Trinajstić information content (AvgIpc) is 3.08. The molecule has 2 aromatic rings. The lowest BCUT2D eigenvalue weighted by Gasteiger charge is -2.24. The molecule has 8 heteroatoms. The van der Waals surface area contributed by atoms with Gasteiger partial charge in [-0.1, -0.05) is 45.9 Å². The standard InChI is InChI=1S/C23H34N4O4/c1-13(2)9-17(24)21(28)26-19(22(29)27-20(23(30)31)10-14(3)4)11-15-12-25-18-8-6-5-7-16(15)18/h5-8,12-14,17,19-20,25H,9-11,24H2,1-4H3,(H,26,28)(H,27,29)(H,30,31)/t17-,19-,20-/m0/s1. The molecule has 0 aliphatic carbocycles. The second kappa shape index (κ2) is 10.9. The van der Waals surface area contributed by atoms with Gasteiger partial charge in [0.1, 0.15) is 12.1 Å². The number of aliphatic carboxylic acids is 1. The lowest BCUT2D eigenvalue weighted by atomic mass is 10.00. The highest BCUT2D eigenvalue weighted by atomic mass is 16.4. The summed E-state index contributed by atoms with van der Waals surface area (Å²) in [7, 11) is 0. The van der Waals surface area contributed by atoms with Crippen LogP contribution in [0.2, 0.25) is 0 Å². The van der Waals surface area contributed by atoms with Crippen molar-refractivity contribution in [2.45, 2.75) is 65.1 Å². The molecule has 0 aliphatic heterocycles.